The van der Waals surface area contributed by atoms with Gasteiger partial charge in [-0.1, -0.05) is 43.5 Å². The average Bonchev–Trinajstić information content (AvgIpc) is 3.15. The number of aromatic nitrogens is 2. The van der Waals surface area contributed by atoms with Gasteiger partial charge in [0.15, 0.2) is 0 Å². The van der Waals surface area contributed by atoms with Gasteiger partial charge in [-0.2, -0.15) is 0 Å². The number of carbonyl (C=O) groups excluding carboxylic acids is 1. The number of hydrogen-bond donors (Lipinski definition) is 2. The molecular weight excluding hydrogens is 383 g/mol. The maximum absolute atomic E-state index is 12.4. The van der Waals surface area contributed by atoms with Gasteiger partial charge in [0.1, 0.15) is 0 Å². The molecule has 1 aliphatic rings. The molecule has 0 saturated heterocycles. The SMILES string of the molecule is Cl.Cl.NCC1(CC(=O)NCc2ccc(Cn3ccnc3)cc2)CCCCC1. The Balaban J connectivity index is 0.00000182. The van der Waals surface area contributed by atoms with E-state index in [2.05, 4.69) is 34.6 Å². The number of carbonyl (C=O) groups is 1. The Hall–Kier alpha value is -1.56. The van der Waals surface area contributed by atoms with Gasteiger partial charge in [-0.3, -0.25) is 4.79 Å². The lowest BCUT2D eigenvalue weighted by Crippen LogP contribution is -2.38. The zero-order chi connectivity index (χ0) is 17.5. The molecule has 1 aromatic carbocycles. The lowest BCUT2D eigenvalue weighted by Gasteiger charge is -2.35. The van der Waals surface area contributed by atoms with E-state index in [0.717, 1.165) is 24.9 Å². The van der Waals surface area contributed by atoms with Crippen molar-refractivity contribution in [3.63, 3.8) is 0 Å². The third kappa shape index (κ3) is 6.83. The predicted octanol–water partition coefficient (Wildman–Crippen LogP) is 3.69. The van der Waals surface area contributed by atoms with Gasteiger partial charge in [0.2, 0.25) is 5.91 Å². The molecule has 1 heterocycles. The fourth-order valence-corrected chi connectivity index (χ4v) is 3.71. The summed E-state index contributed by atoms with van der Waals surface area (Å²) >= 11 is 0. The zero-order valence-electron chi connectivity index (χ0n) is 15.6. The summed E-state index contributed by atoms with van der Waals surface area (Å²) in [6.07, 6.45) is 11.9. The Morgan fingerprint density at radius 1 is 1.11 bits per heavy atom. The topological polar surface area (TPSA) is 72.9 Å². The van der Waals surface area contributed by atoms with Crippen LogP contribution in [0.2, 0.25) is 0 Å². The summed E-state index contributed by atoms with van der Waals surface area (Å²) in [6, 6.07) is 8.35. The molecule has 1 aromatic heterocycles. The number of nitrogens with two attached hydrogens (primary N) is 1. The van der Waals surface area contributed by atoms with Gasteiger partial charge in [-0.25, -0.2) is 4.98 Å². The minimum Gasteiger partial charge on any atom is -0.352 e. The molecule has 5 nitrogen and oxygen atoms in total. The Kier molecular flexibility index (Phi) is 9.84. The van der Waals surface area contributed by atoms with Gasteiger partial charge in [0.05, 0.1) is 6.33 Å². The smallest absolute Gasteiger partial charge is 0.220 e. The monoisotopic (exact) mass is 412 g/mol. The first-order chi connectivity index (χ1) is 12.2. The Bertz CT molecular complexity index is 668. The highest BCUT2D eigenvalue weighted by molar-refractivity contribution is 5.85. The van der Waals surface area contributed by atoms with Crippen molar-refractivity contribution in [2.24, 2.45) is 11.1 Å². The molecule has 0 aliphatic heterocycles. The number of nitrogens with one attached hydrogen (secondary N) is 1. The second-order valence-corrected chi connectivity index (χ2v) is 7.27. The summed E-state index contributed by atoms with van der Waals surface area (Å²) in [4.78, 5) is 16.4. The second-order valence-electron chi connectivity index (χ2n) is 7.27. The van der Waals surface area contributed by atoms with Crippen molar-refractivity contribution in [3.05, 3.63) is 54.1 Å². The molecule has 0 atom stereocenters. The normalized spacial score (nSPS) is 15.3. The first kappa shape index (κ1) is 23.5. The van der Waals surface area contributed by atoms with E-state index in [9.17, 15) is 4.79 Å². The summed E-state index contributed by atoms with van der Waals surface area (Å²) in [5.74, 6) is 0.120. The molecule has 1 aliphatic carbocycles. The summed E-state index contributed by atoms with van der Waals surface area (Å²) in [5.41, 5.74) is 8.34. The highest BCUT2D eigenvalue weighted by Gasteiger charge is 2.32. The summed E-state index contributed by atoms with van der Waals surface area (Å²) in [6.45, 7) is 2.00. The summed E-state index contributed by atoms with van der Waals surface area (Å²) < 4.78 is 2.03. The van der Waals surface area contributed by atoms with E-state index in [4.69, 9.17) is 5.73 Å². The number of halogens is 2. The van der Waals surface area contributed by atoms with Crippen LogP contribution in [-0.4, -0.2) is 22.0 Å². The number of imidazole rings is 1. The molecule has 2 aromatic rings. The molecule has 3 rings (SSSR count). The van der Waals surface area contributed by atoms with Crippen LogP contribution in [0.3, 0.4) is 0 Å². The fourth-order valence-electron chi connectivity index (χ4n) is 3.71. The minimum atomic E-state index is 0. The minimum absolute atomic E-state index is 0. The largest absolute Gasteiger partial charge is 0.352 e. The summed E-state index contributed by atoms with van der Waals surface area (Å²) in [5, 5.41) is 3.06. The molecule has 1 amide bonds. The van der Waals surface area contributed by atoms with Crippen LogP contribution in [0.15, 0.2) is 43.0 Å². The number of nitrogens with zero attached hydrogens (tertiary/aromatic N) is 2. The third-order valence-corrected chi connectivity index (χ3v) is 5.32. The first-order valence-electron chi connectivity index (χ1n) is 9.19. The average molecular weight is 413 g/mol. The summed E-state index contributed by atoms with van der Waals surface area (Å²) in [7, 11) is 0. The van der Waals surface area contributed by atoms with Crippen molar-refractivity contribution < 1.29 is 4.79 Å². The molecule has 27 heavy (non-hydrogen) atoms. The molecule has 1 saturated carbocycles. The molecule has 3 N–H and O–H groups in total. The van der Waals surface area contributed by atoms with Crippen molar-refractivity contribution in [2.45, 2.75) is 51.6 Å². The van der Waals surface area contributed by atoms with Crippen molar-refractivity contribution >= 4 is 30.7 Å². The highest BCUT2D eigenvalue weighted by atomic mass is 35.5. The van der Waals surface area contributed by atoms with E-state index < -0.39 is 0 Å². The van der Waals surface area contributed by atoms with Crippen LogP contribution >= 0.6 is 24.8 Å². The standard InChI is InChI=1S/C20H28N4O.2ClH/c21-15-20(8-2-1-3-9-20)12-19(25)23-13-17-4-6-18(7-5-17)14-24-11-10-22-16-24;;/h4-7,10-11,16H,1-3,8-9,12-15,21H2,(H,23,25);2*1H. The van der Waals surface area contributed by atoms with Gasteiger partial charge < -0.3 is 15.6 Å². The molecule has 0 radical (unpaired) electrons. The van der Waals surface area contributed by atoms with Crippen molar-refractivity contribution in [1.29, 1.82) is 0 Å². The van der Waals surface area contributed by atoms with Crippen molar-refractivity contribution in [3.8, 4) is 0 Å². The third-order valence-electron chi connectivity index (χ3n) is 5.32. The van der Waals surface area contributed by atoms with Crippen LogP contribution in [0.5, 0.6) is 0 Å². The van der Waals surface area contributed by atoms with Crippen LogP contribution in [0, 0.1) is 5.41 Å². The molecule has 1 fully saturated rings. The Morgan fingerprint density at radius 2 is 1.78 bits per heavy atom. The molecule has 0 bridgehead atoms. The van der Waals surface area contributed by atoms with E-state index >= 15 is 0 Å². The maximum Gasteiger partial charge on any atom is 0.220 e. The van der Waals surface area contributed by atoms with Crippen LogP contribution in [0.1, 0.15) is 49.7 Å². The van der Waals surface area contributed by atoms with Gasteiger partial charge in [0, 0.05) is 31.9 Å². The van der Waals surface area contributed by atoms with E-state index in [-0.39, 0.29) is 36.1 Å². The van der Waals surface area contributed by atoms with Gasteiger partial charge >= 0.3 is 0 Å². The van der Waals surface area contributed by atoms with Crippen LogP contribution < -0.4 is 11.1 Å². The number of benzene rings is 1. The Morgan fingerprint density at radius 3 is 2.37 bits per heavy atom. The molecule has 0 spiro atoms. The number of hydrogen-bond acceptors (Lipinski definition) is 3. The fraction of sp³-hybridized carbons (Fsp3) is 0.500. The van der Waals surface area contributed by atoms with Crippen molar-refractivity contribution in [2.75, 3.05) is 6.54 Å². The molecule has 7 heteroatoms. The first-order valence-corrected chi connectivity index (χ1v) is 9.19. The number of rotatable bonds is 7. The van der Waals surface area contributed by atoms with Gasteiger partial charge in [0.25, 0.3) is 0 Å². The lowest BCUT2D eigenvalue weighted by atomic mass is 9.71. The molecular formula is C20H30Cl2N4O. The zero-order valence-corrected chi connectivity index (χ0v) is 17.2. The van der Waals surface area contributed by atoms with Crippen LogP contribution in [-0.2, 0) is 17.9 Å². The van der Waals surface area contributed by atoms with Gasteiger partial charge in [-0.15, -0.1) is 24.8 Å². The van der Waals surface area contributed by atoms with Gasteiger partial charge in [-0.05, 0) is 35.9 Å². The maximum atomic E-state index is 12.4. The van der Waals surface area contributed by atoms with E-state index in [1.54, 1.807) is 6.20 Å². The van der Waals surface area contributed by atoms with E-state index in [1.165, 1.54) is 24.8 Å². The highest BCUT2D eigenvalue weighted by Crippen LogP contribution is 2.38. The second kappa shape index (κ2) is 11.3. The molecule has 150 valence electrons. The van der Waals surface area contributed by atoms with Crippen LogP contribution in [0.4, 0.5) is 0 Å². The van der Waals surface area contributed by atoms with Crippen LogP contribution in [0.25, 0.3) is 0 Å². The Labute approximate surface area is 173 Å². The predicted molar refractivity (Wildman–Crippen MR) is 113 cm³/mol. The van der Waals surface area contributed by atoms with Crippen molar-refractivity contribution in [1.82, 2.24) is 14.9 Å². The number of amides is 1. The van der Waals surface area contributed by atoms with E-state index in [1.807, 2.05) is 17.1 Å². The van der Waals surface area contributed by atoms with E-state index in [0.29, 0.717) is 19.5 Å². The lowest BCUT2D eigenvalue weighted by molar-refractivity contribution is -0.124. The molecule has 0 unspecified atom stereocenters. The quantitative estimate of drug-likeness (QED) is 0.727.